The van der Waals surface area contributed by atoms with Gasteiger partial charge in [0.25, 0.3) is 0 Å². The molecule has 2 aromatic heterocycles. The Labute approximate surface area is 252 Å². The van der Waals surface area contributed by atoms with E-state index in [1.807, 2.05) is 48.5 Å². The first-order valence-corrected chi connectivity index (χ1v) is 13.6. The van der Waals surface area contributed by atoms with Crippen molar-refractivity contribution in [3.05, 3.63) is 72.8 Å². The maximum Gasteiger partial charge on any atom is 0.233 e. The summed E-state index contributed by atoms with van der Waals surface area (Å²) in [6.07, 6.45) is 0. The van der Waals surface area contributed by atoms with E-state index >= 15 is 0 Å². The average Bonchev–Trinajstić information content (AvgIpc) is 3.00. The van der Waals surface area contributed by atoms with Crippen molar-refractivity contribution in [3.8, 4) is 0 Å². The molecular weight excluding hydrogens is 564 g/mol. The minimum Gasteiger partial charge on any atom is -0.399 e. The molecule has 0 bridgehead atoms. The number of rotatable bonds is 14. The highest BCUT2D eigenvalue weighted by molar-refractivity contribution is 5.67. The van der Waals surface area contributed by atoms with Gasteiger partial charge in [0.2, 0.25) is 35.7 Å². The van der Waals surface area contributed by atoms with Gasteiger partial charge in [0.15, 0.2) is 0 Å². The Morgan fingerprint density at radius 1 is 0.455 bits per heavy atom. The van der Waals surface area contributed by atoms with Gasteiger partial charge < -0.3 is 53.6 Å². The van der Waals surface area contributed by atoms with Gasteiger partial charge in [-0.3, -0.25) is 0 Å². The van der Waals surface area contributed by atoms with Crippen LogP contribution in [0.4, 0.5) is 69.8 Å². The number of hydrogen-bond donors (Lipinski definition) is 10. The van der Waals surface area contributed by atoms with Gasteiger partial charge in [-0.1, -0.05) is 12.1 Å². The Hall–Kier alpha value is -6.00. The SMILES string of the molecule is Nc1ccc(Nc2nc(NCCO)nc(Nc3cccc(Nc4nc(NCCO)nc(Nc5cccc(N)c5)n4)c3)n2)cc1. The molecule has 0 atom stereocenters. The van der Waals surface area contributed by atoms with Gasteiger partial charge in [0, 0.05) is 47.2 Å². The van der Waals surface area contributed by atoms with Crippen molar-refractivity contribution in [1.29, 1.82) is 0 Å². The van der Waals surface area contributed by atoms with Crippen LogP contribution < -0.4 is 43.4 Å². The Kier molecular flexibility index (Phi) is 9.55. The molecule has 12 N–H and O–H groups in total. The number of nitrogens with zero attached hydrogens (tertiary/aromatic N) is 6. The number of benzene rings is 3. The summed E-state index contributed by atoms with van der Waals surface area (Å²) in [5.41, 5.74) is 15.7. The third-order valence-corrected chi connectivity index (χ3v) is 5.75. The van der Waals surface area contributed by atoms with Crippen LogP contribution in [0.5, 0.6) is 0 Å². The van der Waals surface area contributed by atoms with E-state index in [9.17, 15) is 10.2 Å². The first-order chi connectivity index (χ1) is 21.4. The second-order valence-corrected chi connectivity index (χ2v) is 9.24. The molecule has 44 heavy (non-hydrogen) atoms. The molecule has 5 rings (SSSR count). The average molecular weight is 597 g/mol. The zero-order chi connectivity index (χ0) is 30.7. The van der Waals surface area contributed by atoms with Crippen molar-refractivity contribution in [3.63, 3.8) is 0 Å². The molecule has 0 radical (unpaired) electrons. The molecule has 0 aliphatic rings. The maximum atomic E-state index is 9.26. The minimum atomic E-state index is -0.0916. The molecule has 5 aromatic rings. The molecule has 0 aliphatic carbocycles. The Bertz CT molecular complexity index is 1690. The molecule has 16 nitrogen and oxygen atoms in total. The first kappa shape index (κ1) is 29.5. The van der Waals surface area contributed by atoms with Crippen molar-refractivity contribution < 1.29 is 10.2 Å². The smallest absolute Gasteiger partial charge is 0.233 e. The van der Waals surface area contributed by atoms with Crippen LogP contribution in [0.25, 0.3) is 0 Å². The van der Waals surface area contributed by atoms with E-state index < -0.39 is 0 Å². The van der Waals surface area contributed by atoms with Crippen molar-refractivity contribution >= 4 is 69.8 Å². The standard InChI is InChI=1S/C28H32N14O2/c29-17-7-9-19(10-8-17)33-25-37-23(31-11-13-43)39-27(41-25)35-21-5-2-6-22(16-21)36-28-40-24(32-12-14-44)38-26(42-28)34-20-4-1-3-18(30)15-20/h1-10,15-16,43-44H,11-14,29-30H2,(H3,31,33,35,37,39,41)(H3,32,34,36,38,40,42). The van der Waals surface area contributed by atoms with E-state index in [4.69, 9.17) is 11.5 Å². The second-order valence-electron chi connectivity index (χ2n) is 9.24. The number of aromatic nitrogens is 6. The number of nitrogen functional groups attached to an aromatic ring is 2. The number of anilines is 12. The van der Waals surface area contributed by atoms with Crippen LogP contribution >= 0.6 is 0 Å². The lowest BCUT2D eigenvalue weighted by atomic mass is 10.3. The molecule has 16 heteroatoms. The van der Waals surface area contributed by atoms with E-state index in [1.165, 1.54) is 0 Å². The number of aliphatic hydroxyl groups excluding tert-OH is 2. The highest BCUT2D eigenvalue weighted by Gasteiger charge is 2.11. The van der Waals surface area contributed by atoms with Crippen molar-refractivity contribution in [2.24, 2.45) is 0 Å². The van der Waals surface area contributed by atoms with Crippen LogP contribution in [0.1, 0.15) is 0 Å². The second kappa shape index (κ2) is 14.3. The molecule has 3 aromatic carbocycles. The van der Waals surface area contributed by atoms with Crippen LogP contribution in [-0.4, -0.2) is 66.4 Å². The van der Waals surface area contributed by atoms with Crippen LogP contribution in [0.3, 0.4) is 0 Å². The van der Waals surface area contributed by atoms with E-state index in [1.54, 1.807) is 24.3 Å². The predicted molar refractivity (Wildman–Crippen MR) is 172 cm³/mol. The largest absolute Gasteiger partial charge is 0.399 e. The molecule has 2 heterocycles. The molecular formula is C28H32N14O2. The predicted octanol–water partition coefficient (Wildman–Crippen LogP) is 3.00. The zero-order valence-corrected chi connectivity index (χ0v) is 23.5. The van der Waals surface area contributed by atoms with Crippen molar-refractivity contribution in [1.82, 2.24) is 29.9 Å². The zero-order valence-electron chi connectivity index (χ0n) is 23.5. The lowest BCUT2D eigenvalue weighted by Gasteiger charge is -2.13. The van der Waals surface area contributed by atoms with E-state index in [0.29, 0.717) is 28.4 Å². The third kappa shape index (κ3) is 8.51. The molecule has 0 amide bonds. The number of hydrogen-bond acceptors (Lipinski definition) is 16. The summed E-state index contributed by atoms with van der Waals surface area (Å²) in [6.45, 7) is 0.343. The van der Waals surface area contributed by atoms with Crippen LogP contribution in [0, 0.1) is 0 Å². The summed E-state index contributed by atoms with van der Waals surface area (Å²) in [5, 5.41) is 37.1. The summed E-state index contributed by atoms with van der Waals surface area (Å²) in [7, 11) is 0. The fourth-order valence-corrected chi connectivity index (χ4v) is 3.84. The fraction of sp³-hybridized carbons (Fsp3) is 0.143. The molecule has 0 saturated heterocycles. The quantitative estimate of drug-likeness (QED) is 0.0828. The molecule has 0 saturated carbocycles. The monoisotopic (exact) mass is 596 g/mol. The van der Waals surface area contributed by atoms with Gasteiger partial charge in [-0.15, -0.1) is 0 Å². The molecule has 0 aliphatic heterocycles. The summed E-state index contributed by atoms with van der Waals surface area (Å²) < 4.78 is 0. The molecule has 0 unspecified atom stereocenters. The number of nitrogens with one attached hydrogen (secondary N) is 6. The Morgan fingerprint density at radius 2 is 0.864 bits per heavy atom. The summed E-state index contributed by atoms with van der Waals surface area (Å²) >= 11 is 0. The van der Waals surface area contributed by atoms with Gasteiger partial charge in [-0.25, -0.2) is 0 Å². The summed E-state index contributed by atoms with van der Waals surface area (Å²) in [5.74, 6) is 1.63. The normalized spacial score (nSPS) is 10.6. The van der Waals surface area contributed by atoms with E-state index in [0.717, 1.165) is 5.69 Å². The summed E-state index contributed by atoms with van der Waals surface area (Å²) in [4.78, 5) is 26.6. The first-order valence-electron chi connectivity index (χ1n) is 13.6. The van der Waals surface area contributed by atoms with Gasteiger partial charge in [0.1, 0.15) is 0 Å². The van der Waals surface area contributed by atoms with E-state index in [-0.39, 0.29) is 62.0 Å². The van der Waals surface area contributed by atoms with Gasteiger partial charge in [-0.2, -0.15) is 29.9 Å². The highest BCUT2D eigenvalue weighted by atomic mass is 16.3. The van der Waals surface area contributed by atoms with Gasteiger partial charge in [0.05, 0.1) is 13.2 Å². The van der Waals surface area contributed by atoms with Crippen molar-refractivity contribution in [2.75, 3.05) is 69.7 Å². The highest BCUT2D eigenvalue weighted by Crippen LogP contribution is 2.24. The minimum absolute atomic E-state index is 0.0895. The van der Waals surface area contributed by atoms with Crippen LogP contribution in [0.15, 0.2) is 72.8 Å². The maximum absolute atomic E-state index is 9.26. The Balaban J connectivity index is 1.36. The molecule has 226 valence electrons. The van der Waals surface area contributed by atoms with Gasteiger partial charge in [-0.05, 0) is 60.7 Å². The number of nitrogens with two attached hydrogens (primary N) is 2. The van der Waals surface area contributed by atoms with Crippen LogP contribution in [-0.2, 0) is 0 Å². The molecule has 0 spiro atoms. The van der Waals surface area contributed by atoms with Crippen molar-refractivity contribution in [2.45, 2.75) is 0 Å². The third-order valence-electron chi connectivity index (χ3n) is 5.75. The van der Waals surface area contributed by atoms with E-state index in [2.05, 4.69) is 61.8 Å². The molecule has 0 fully saturated rings. The lowest BCUT2D eigenvalue weighted by Crippen LogP contribution is -2.12. The fourth-order valence-electron chi connectivity index (χ4n) is 3.84. The van der Waals surface area contributed by atoms with Crippen LogP contribution in [0.2, 0.25) is 0 Å². The lowest BCUT2D eigenvalue weighted by molar-refractivity contribution is 0.310. The number of aliphatic hydroxyl groups is 2. The summed E-state index contributed by atoms with van der Waals surface area (Å²) in [6, 6.07) is 21.7. The van der Waals surface area contributed by atoms with Gasteiger partial charge >= 0.3 is 0 Å². The Morgan fingerprint density at radius 3 is 1.32 bits per heavy atom. The topological polar surface area (TPSA) is 242 Å².